The number of fused-ring (bicyclic) bond motifs is 1. The van der Waals surface area contributed by atoms with Gasteiger partial charge in [-0.05, 0) is 24.3 Å². The number of H-pyrrole nitrogens is 1. The predicted molar refractivity (Wildman–Crippen MR) is 97.2 cm³/mol. The molecule has 8 heteroatoms. The first-order valence-electron chi connectivity index (χ1n) is 8.11. The monoisotopic (exact) mass is 362 g/mol. The van der Waals surface area contributed by atoms with Gasteiger partial charge in [-0.1, -0.05) is 30.3 Å². The minimum Gasteiger partial charge on any atom is -0.485 e. The summed E-state index contributed by atoms with van der Waals surface area (Å²) >= 11 is 0. The summed E-state index contributed by atoms with van der Waals surface area (Å²) in [6.07, 6.45) is 1.46. The average molecular weight is 362 g/mol. The number of benzene rings is 2. The van der Waals surface area contributed by atoms with Gasteiger partial charge in [0.1, 0.15) is 29.1 Å². The largest absolute Gasteiger partial charge is 0.485 e. The number of nitrogens with zero attached hydrogens (tertiary/aromatic N) is 3. The predicted octanol–water partition coefficient (Wildman–Crippen LogP) is 2.39. The Kier molecular flexibility index (Phi) is 4.13. The van der Waals surface area contributed by atoms with E-state index < -0.39 is 5.97 Å². The highest BCUT2D eigenvalue weighted by molar-refractivity contribution is 5.90. The second-order valence-corrected chi connectivity index (χ2v) is 5.73. The van der Waals surface area contributed by atoms with Crippen molar-refractivity contribution in [1.82, 2.24) is 19.7 Å². The SMILES string of the molecule is O=C(O)c1ccccc1OCc1nc2c(cnn2-c2ccccc2)c(=O)[nH]1. The van der Waals surface area contributed by atoms with Crippen LogP contribution in [0.1, 0.15) is 16.2 Å². The molecule has 2 N–H and O–H groups in total. The third kappa shape index (κ3) is 3.15. The van der Waals surface area contributed by atoms with Gasteiger partial charge in [-0.25, -0.2) is 14.5 Å². The fourth-order valence-corrected chi connectivity index (χ4v) is 2.71. The summed E-state index contributed by atoms with van der Waals surface area (Å²) in [7, 11) is 0. The van der Waals surface area contributed by atoms with Gasteiger partial charge in [-0.15, -0.1) is 0 Å². The van der Waals surface area contributed by atoms with Crippen molar-refractivity contribution >= 4 is 17.0 Å². The van der Waals surface area contributed by atoms with Crippen LogP contribution in [0.25, 0.3) is 16.7 Å². The van der Waals surface area contributed by atoms with Crippen molar-refractivity contribution in [3.63, 3.8) is 0 Å². The standard InChI is InChI=1S/C19H14N4O4/c24-18-14-10-20-23(12-6-2-1-3-7-12)17(14)21-16(22-18)11-27-15-9-5-4-8-13(15)19(25)26/h1-10H,11H2,(H,25,26)(H,21,22,24). The van der Waals surface area contributed by atoms with Gasteiger partial charge in [-0.2, -0.15) is 5.10 Å². The maximum atomic E-state index is 12.3. The summed E-state index contributed by atoms with van der Waals surface area (Å²) in [5, 5.41) is 13.8. The van der Waals surface area contributed by atoms with E-state index in [4.69, 9.17) is 4.74 Å². The molecule has 8 nitrogen and oxygen atoms in total. The number of hydrogen-bond acceptors (Lipinski definition) is 5. The van der Waals surface area contributed by atoms with Gasteiger partial charge in [0.2, 0.25) is 0 Å². The number of aromatic carboxylic acids is 1. The van der Waals surface area contributed by atoms with E-state index in [1.165, 1.54) is 12.3 Å². The van der Waals surface area contributed by atoms with Crippen LogP contribution in [0.2, 0.25) is 0 Å². The van der Waals surface area contributed by atoms with Gasteiger partial charge in [0, 0.05) is 0 Å². The molecule has 134 valence electrons. The third-order valence-corrected chi connectivity index (χ3v) is 3.97. The summed E-state index contributed by atoms with van der Waals surface area (Å²) in [6.45, 7) is -0.0879. The van der Waals surface area contributed by atoms with E-state index in [0.29, 0.717) is 11.0 Å². The van der Waals surface area contributed by atoms with Crippen molar-refractivity contribution in [1.29, 1.82) is 0 Å². The second kappa shape index (κ2) is 6.75. The van der Waals surface area contributed by atoms with Crippen LogP contribution in [-0.2, 0) is 6.61 Å². The molecule has 0 bridgehead atoms. The lowest BCUT2D eigenvalue weighted by molar-refractivity contribution is 0.0691. The lowest BCUT2D eigenvalue weighted by Crippen LogP contribution is -2.14. The lowest BCUT2D eigenvalue weighted by Gasteiger charge is -2.09. The zero-order valence-corrected chi connectivity index (χ0v) is 14.0. The number of aromatic nitrogens is 4. The fraction of sp³-hybridized carbons (Fsp3) is 0.0526. The molecule has 0 saturated heterocycles. The van der Waals surface area contributed by atoms with E-state index in [9.17, 15) is 14.7 Å². The van der Waals surface area contributed by atoms with Crippen molar-refractivity contribution in [3.8, 4) is 11.4 Å². The molecule has 0 amide bonds. The van der Waals surface area contributed by atoms with E-state index in [-0.39, 0.29) is 29.3 Å². The van der Waals surface area contributed by atoms with E-state index in [1.807, 2.05) is 30.3 Å². The molecule has 2 heterocycles. The quantitative estimate of drug-likeness (QED) is 0.564. The smallest absolute Gasteiger partial charge is 0.339 e. The Morgan fingerprint density at radius 1 is 1.11 bits per heavy atom. The maximum absolute atomic E-state index is 12.3. The van der Waals surface area contributed by atoms with Crippen molar-refractivity contribution in [2.24, 2.45) is 0 Å². The molecule has 0 spiro atoms. The molecular formula is C19H14N4O4. The van der Waals surface area contributed by atoms with Gasteiger partial charge in [0.15, 0.2) is 5.65 Å². The third-order valence-electron chi connectivity index (χ3n) is 3.97. The van der Waals surface area contributed by atoms with Gasteiger partial charge >= 0.3 is 5.97 Å². The molecule has 0 unspecified atom stereocenters. The molecule has 0 aliphatic heterocycles. The van der Waals surface area contributed by atoms with Crippen LogP contribution >= 0.6 is 0 Å². The van der Waals surface area contributed by atoms with Crippen molar-refractivity contribution in [2.75, 3.05) is 0 Å². The molecule has 4 rings (SSSR count). The molecule has 0 saturated carbocycles. The molecule has 0 radical (unpaired) electrons. The molecule has 0 aliphatic carbocycles. The molecular weight excluding hydrogens is 348 g/mol. The van der Waals surface area contributed by atoms with Crippen LogP contribution in [-0.4, -0.2) is 30.8 Å². The van der Waals surface area contributed by atoms with Crippen molar-refractivity contribution in [2.45, 2.75) is 6.61 Å². The second-order valence-electron chi connectivity index (χ2n) is 5.73. The van der Waals surface area contributed by atoms with E-state index in [2.05, 4.69) is 15.1 Å². The summed E-state index contributed by atoms with van der Waals surface area (Å²) in [4.78, 5) is 30.7. The van der Waals surface area contributed by atoms with Crippen molar-refractivity contribution in [3.05, 3.63) is 82.5 Å². The van der Waals surface area contributed by atoms with Crippen LogP contribution in [0.3, 0.4) is 0 Å². The number of carbonyl (C=O) groups is 1. The molecule has 4 aromatic rings. The average Bonchev–Trinajstić information content (AvgIpc) is 3.12. The number of nitrogens with one attached hydrogen (secondary N) is 1. The number of carboxylic acid groups (broad SMARTS) is 1. The summed E-state index contributed by atoms with van der Waals surface area (Å²) in [5.41, 5.74) is 0.867. The number of carboxylic acids is 1. The number of para-hydroxylation sites is 2. The Morgan fingerprint density at radius 3 is 2.63 bits per heavy atom. The Labute approximate surface area is 152 Å². The minimum atomic E-state index is -1.09. The molecule has 0 fully saturated rings. The maximum Gasteiger partial charge on any atom is 0.339 e. The molecule has 0 atom stereocenters. The Balaban J connectivity index is 1.69. The molecule has 2 aromatic carbocycles. The first-order chi connectivity index (χ1) is 13.1. The molecule has 0 aliphatic rings. The van der Waals surface area contributed by atoms with Crippen LogP contribution in [0.15, 0.2) is 65.6 Å². The normalized spacial score (nSPS) is 10.8. The van der Waals surface area contributed by atoms with Gasteiger partial charge in [-0.3, -0.25) is 4.79 Å². The highest BCUT2D eigenvalue weighted by Crippen LogP contribution is 2.19. The van der Waals surface area contributed by atoms with Crippen LogP contribution in [0.5, 0.6) is 5.75 Å². The van der Waals surface area contributed by atoms with E-state index in [0.717, 1.165) is 5.69 Å². The van der Waals surface area contributed by atoms with Crippen LogP contribution < -0.4 is 10.3 Å². The van der Waals surface area contributed by atoms with Gasteiger partial charge in [0.05, 0.1) is 11.9 Å². The summed E-state index contributed by atoms with van der Waals surface area (Å²) < 4.78 is 7.14. The van der Waals surface area contributed by atoms with E-state index >= 15 is 0 Å². The van der Waals surface area contributed by atoms with Crippen molar-refractivity contribution < 1.29 is 14.6 Å². The Morgan fingerprint density at radius 2 is 1.85 bits per heavy atom. The zero-order chi connectivity index (χ0) is 18.8. The number of hydrogen-bond donors (Lipinski definition) is 2. The Hall–Kier alpha value is -3.94. The van der Waals surface area contributed by atoms with Gasteiger partial charge < -0.3 is 14.8 Å². The first-order valence-corrected chi connectivity index (χ1v) is 8.11. The fourth-order valence-electron chi connectivity index (χ4n) is 2.71. The Bertz CT molecular complexity index is 1180. The lowest BCUT2D eigenvalue weighted by atomic mass is 10.2. The number of ether oxygens (including phenoxy) is 1. The molecule has 2 aromatic heterocycles. The highest BCUT2D eigenvalue weighted by Gasteiger charge is 2.14. The minimum absolute atomic E-state index is 0.0373. The summed E-state index contributed by atoms with van der Waals surface area (Å²) in [5.74, 6) is -0.626. The molecule has 27 heavy (non-hydrogen) atoms. The van der Waals surface area contributed by atoms with Crippen LogP contribution in [0, 0.1) is 0 Å². The highest BCUT2D eigenvalue weighted by atomic mass is 16.5. The van der Waals surface area contributed by atoms with E-state index in [1.54, 1.807) is 22.9 Å². The number of aromatic amines is 1. The summed E-state index contributed by atoms with van der Waals surface area (Å²) in [6, 6.07) is 15.6. The first kappa shape index (κ1) is 16.5. The number of rotatable bonds is 5. The van der Waals surface area contributed by atoms with Gasteiger partial charge in [0.25, 0.3) is 5.56 Å². The topological polar surface area (TPSA) is 110 Å². The zero-order valence-electron chi connectivity index (χ0n) is 14.0. The van der Waals surface area contributed by atoms with Crippen LogP contribution in [0.4, 0.5) is 0 Å².